The lowest BCUT2D eigenvalue weighted by molar-refractivity contribution is -0.150. The van der Waals surface area contributed by atoms with Crippen molar-refractivity contribution < 1.29 is 28.1 Å². The minimum atomic E-state index is -3.02. The zero-order valence-electron chi connectivity index (χ0n) is 25.1. The zero-order valence-corrected chi connectivity index (χ0v) is 27.7. The van der Waals surface area contributed by atoms with Gasteiger partial charge >= 0.3 is 5.97 Å². The van der Waals surface area contributed by atoms with Crippen LogP contribution in [0.3, 0.4) is 0 Å². The quantitative estimate of drug-likeness (QED) is 0.0982. The fourth-order valence-electron chi connectivity index (χ4n) is 6.09. The van der Waals surface area contributed by atoms with E-state index in [2.05, 4.69) is 56.8 Å². The van der Waals surface area contributed by atoms with Crippen molar-refractivity contribution in [2.75, 3.05) is 18.5 Å². The Bertz CT molecular complexity index is 1960. The second kappa shape index (κ2) is 13.3. The van der Waals surface area contributed by atoms with E-state index in [1.54, 1.807) is 35.2 Å². The molecule has 2 aromatic heterocycles. The maximum absolute atomic E-state index is 12.8. The molecule has 47 heavy (non-hydrogen) atoms. The van der Waals surface area contributed by atoms with Crippen molar-refractivity contribution in [2.45, 2.75) is 37.7 Å². The molecule has 5 aromatic rings. The molecule has 0 radical (unpaired) electrons. The number of thiol groups is 1. The van der Waals surface area contributed by atoms with Crippen LogP contribution in [-0.4, -0.2) is 56.8 Å². The molecule has 3 aromatic carbocycles. The summed E-state index contributed by atoms with van der Waals surface area (Å²) in [7, 11) is 0. The SMILES string of the molecule is CC(=O)O[C@H]1C[C@H](n2cnc3c(NC(=O)c4ccccc4)ncnc32)O[C@@H]1COP(=S)(S)OCC1c2ccccc2-c2ccccc21. The van der Waals surface area contributed by atoms with Crippen molar-refractivity contribution in [1.82, 2.24) is 19.5 Å². The van der Waals surface area contributed by atoms with Crippen molar-refractivity contribution in [1.29, 1.82) is 0 Å². The van der Waals surface area contributed by atoms with Gasteiger partial charge in [-0.3, -0.25) is 14.2 Å². The summed E-state index contributed by atoms with van der Waals surface area (Å²) in [6, 6.07) is 25.3. The maximum atomic E-state index is 12.8. The molecule has 1 unspecified atom stereocenters. The molecule has 7 rings (SSSR count). The number of esters is 1. The highest BCUT2D eigenvalue weighted by molar-refractivity contribution is 8.60. The summed E-state index contributed by atoms with van der Waals surface area (Å²) in [4.78, 5) is 37.9. The van der Waals surface area contributed by atoms with E-state index in [1.807, 2.05) is 30.3 Å². The van der Waals surface area contributed by atoms with Crippen molar-refractivity contribution in [3.8, 4) is 11.1 Å². The average Bonchev–Trinajstić information content (AvgIpc) is 3.77. The number of hydrogen-bond donors (Lipinski definition) is 2. The lowest BCUT2D eigenvalue weighted by Gasteiger charge is -2.24. The number of imidazole rings is 1. The van der Waals surface area contributed by atoms with Crippen molar-refractivity contribution >= 4 is 58.6 Å². The highest BCUT2D eigenvalue weighted by atomic mass is 32.9. The third-order valence-electron chi connectivity index (χ3n) is 8.20. The lowest BCUT2D eigenvalue weighted by atomic mass is 9.98. The van der Waals surface area contributed by atoms with Gasteiger partial charge in [0.05, 0.1) is 19.5 Å². The van der Waals surface area contributed by atoms with Gasteiger partial charge in [0.2, 0.25) is 5.69 Å². The Labute approximate surface area is 281 Å². The first-order valence-electron chi connectivity index (χ1n) is 14.9. The normalized spacial score (nSPS) is 20.0. The predicted octanol–water partition coefficient (Wildman–Crippen LogP) is 6.30. The number of anilines is 1. The van der Waals surface area contributed by atoms with Gasteiger partial charge in [-0.15, -0.1) is 0 Å². The minimum absolute atomic E-state index is 0.000241. The van der Waals surface area contributed by atoms with Crippen molar-refractivity contribution in [3.05, 3.63) is 108 Å². The second-order valence-electron chi connectivity index (χ2n) is 11.2. The molecule has 1 aliphatic carbocycles. The number of carbonyl (C=O) groups is 2. The van der Waals surface area contributed by atoms with E-state index in [4.69, 9.17) is 30.3 Å². The first-order valence-corrected chi connectivity index (χ1v) is 18.7. The highest BCUT2D eigenvalue weighted by Gasteiger charge is 2.40. The van der Waals surface area contributed by atoms with Gasteiger partial charge in [-0.2, -0.15) is 0 Å². The van der Waals surface area contributed by atoms with Crippen LogP contribution >= 0.6 is 17.9 Å². The molecule has 2 aliphatic rings. The van der Waals surface area contributed by atoms with Crippen LogP contribution in [0.1, 0.15) is 47.0 Å². The Balaban J connectivity index is 1.04. The van der Waals surface area contributed by atoms with Crippen LogP contribution in [0.5, 0.6) is 0 Å². The molecular formula is C33H30N5O6PS2. The van der Waals surface area contributed by atoms with Crippen LogP contribution < -0.4 is 5.32 Å². The number of hydrogen-bond acceptors (Lipinski definition) is 10. The number of ether oxygens (including phenoxy) is 2. The summed E-state index contributed by atoms with van der Waals surface area (Å²) >= 11 is 10.3. The van der Waals surface area contributed by atoms with E-state index < -0.39 is 30.1 Å². The fourth-order valence-corrected chi connectivity index (χ4v) is 7.61. The number of aromatic nitrogens is 4. The number of nitrogens with one attached hydrogen (secondary N) is 1. The molecule has 0 bridgehead atoms. The topological polar surface area (TPSA) is 127 Å². The molecule has 240 valence electrons. The van der Waals surface area contributed by atoms with Gasteiger partial charge in [0.25, 0.3) is 5.91 Å². The van der Waals surface area contributed by atoms with Crippen LogP contribution in [-0.2, 0) is 35.1 Å². The van der Waals surface area contributed by atoms with E-state index in [-0.39, 0.29) is 24.2 Å². The Morgan fingerprint density at radius 2 is 1.62 bits per heavy atom. The standard InChI is InChI=1S/C33H30N5O6PS2/c1-20(39)43-27-15-29(38-19-36-30-31(34-18-35-32(30)38)37-33(40)21-9-3-2-4-10-21)44-28(27)17-42-45(46,47)41-16-26-24-13-7-5-11-22(24)23-12-6-8-14-25(23)26/h2-14,18-19,26-29H,15-17H2,1H3,(H,46,47)(H,34,35,37,40)/t27-,28+,29+/m0/s1. The molecule has 4 atom stereocenters. The zero-order chi connectivity index (χ0) is 32.5. The summed E-state index contributed by atoms with van der Waals surface area (Å²) < 4.78 is 25.9. The van der Waals surface area contributed by atoms with E-state index in [9.17, 15) is 9.59 Å². The van der Waals surface area contributed by atoms with Gasteiger partial charge in [0.15, 0.2) is 17.0 Å². The molecule has 0 spiro atoms. The first kappa shape index (κ1) is 31.6. The second-order valence-corrected chi connectivity index (χ2v) is 16.5. The fraction of sp³-hybridized carbons (Fsp3) is 0.242. The van der Waals surface area contributed by atoms with Gasteiger partial charge in [-0.25, -0.2) is 15.0 Å². The van der Waals surface area contributed by atoms with Gasteiger partial charge in [-0.05, 0) is 46.2 Å². The minimum Gasteiger partial charge on any atom is -0.460 e. The van der Waals surface area contributed by atoms with E-state index in [0.717, 1.165) is 0 Å². The van der Waals surface area contributed by atoms with Gasteiger partial charge < -0.3 is 23.8 Å². The molecule has 1 saturated heterocycles. The molecule has 1 N–H and O–H groups in total. The smallest absolute Gasteiger partial charge is 0.302 e. The van der Waals surface area contributed by atoms with E-state index >= 15 is 0 Å². The summed E-state index contributed by atoms with van der Waals surface area (Å²) in [6.07, 6.45) is 1.31. The van der Waals surface area contributed by atoms with Crippen molar-refractivity contribution in [3.63, 3.8) is 0 Å². The highest BCUT2D eigenvalue weighted by Crippen LogP contribution is 2.56. The van der Waals surface area contributed by atoms with E-state index in [0.29, 0.717) is 29.8 Å². The summed E-state index contributed by atoms with van der Waals surface area (Å²) in [5.74, 6) is -0.513. The molecular weight excluding hydrogens is 657 g/mol. The Kier molecular flexibility index (Phi) is 8.93. The van der Waals surface area contributed by atoms with Crippen LogP contribution in [0.4, 0.5) is 5.82 Å². The van der Waals surface area contributed by atoms with E-state index in [1.165, 1.54) is 35.5 Å². The molecule has 0 saturated carbocycles. The summed E-state index contributed by atoms with van der Waals surface area (Å²) in [6.45, 7) is 1.64. The van der Waals surface area contributed by atoms with Crippen LogP contribution in [0, 0.1) is 0 Å². The van der Waals surface area contributed by atoms with Gasteiger partial charge in [0.1, 0.15) is 24.8 Å². The predicted molar refractivity (Wildman–Crippen MR) is 183 cm³/mol. The van der Waals surface area contributed by atoms with Gasteiger partial charge in [0, 0.05) is 24.8 Å². The third kappa shape index (κ3) is 6.60. The maximum Gasteiger partial charge on any atom is 0.302 e. The molecule has 1 aliphatic heterocycles. The summed E-state index contributed by atoms with van der Waals surface area (Å²) in [5.41, 5.74) is 3.01. The number of carbonyl (C=O) groups excluding carboxylic acids is 2. The monoisotopic (exact) mass is 687 g/mol. The Hall–Kier alpha value is -3.97. The lowest BCUT2D eigenvalue weighted by Crippen LogP contribution is -2.30. The number of nitrogens with zero attached hydrogens (tertiary/aromatic N) is 4. The number of fused-ring (bicyclic) bond motifs is 4. The Morgan fingerprint density at radius 1 is 0.957 bits per heavy atom. The number of amides is 1. The molecule has 11 nitrogen and oxygen atoms in total. The number of benzene rings is 3. The van der Waals surface area contributed by atoms with Gasteiger partial charge in [-0.1, -0.05) is 79.0 Å². The van der Waals surface area contributed by atoms with Crippen molar-refractivity contribution in [2.24, 2.45) is 0 Å². The molecule has 3 heterocycles. The summed E-state index contributed by atoms with van der Waals surface area (Å²) in [5, 5.41) is 2.80. The molecule has 14 heteroatoms. The van der Waals surface area contributed by atoms with Crippen LogP contribution in [0.2, 0.25) is 0 Å². The largest absolute Gasteiger partial charge is 0.460 e. The molecule has 1 fully saturated rings. The third-order valence-corrected chi connectivity index (χ3v) is 10.5. The number of rotatable bonds is 10. The van der Waals surface area contributed by atoms with Crippen LogP contribution in [0.15, 0.2) is 91.5 Å². The first-order chi connectivity index (χ1) is 22.8. The molecule has 1 amide bonds. The van der Waals surface area contributed by atoms with Crippen LogP contribution in [0.25, 0.3) is 22.3 Å². The average molecular weight is 688 g/mol. The Morgan fingerprint density at radius 3 is 2.32 bits per heavy atom.